The van der Waals surface area contributed by atoms with E-state index in [9.17, 15) is 4.79 Å². The molecular formula is C14H14Cl2N2OS. The van der Waals surface area contributed by atoms with E-state index in [2.05, 4.69) is 5.32 Å². The minimum absolute atomic E-state index is 0.111. The average molecular weight is 329 g/mol. The van der Waals surface area contributed by atoms with Crippen molar-refractivity contribution in [1.82, 2.24) is 5.32 Å². The topological polar surface area (TPSA) is 55.1 Å². The molecule has 0 saturated carbocycles. The predicted molar refractivity (Wildman–Crippen MR) is 86.0 cm³/mol. The Balaban J connectivity index is 1.91. The summed E-state index contributed by atoms with van der Waals surface area (Å²) in [6.07, 6.45) is 0.654. The molecule has 3 nitrogen and oxygen atoms in total. The van der Waals surface area contributed by atoms with Gasteiger partial charge in [-0.3, -0.25) is 4.79 Å². The van der Waals surface area contributed by atoms with Gasteiger partial charge in [-0.2, -0.15) is 0 Å². The third-order valence-electron chi connectivity index (χ3n) is 2.87. The average Bonchev–Trinajstić information content (AvgIpc) is 2.72. The summed E-state index contributed by atoms with van der Waals surface area (Å²) in [7, 11) is 0. The van der Waals surface area contributed by atoms with E-state index < -0.39 is 0 Å². The van der Waals surface area contributed by atoms with Crippen molar-refractivity contribution in [2.45, 2.75) is 13.3 Å². The Bertz CT molecular complexity index is 621. The lowest BCUT2D eigenvalue weighted by Crippen LogP contribution is -2.24. The van der Waals surface area contributed by atoms with Crippen LogP contribution in [0.3, 0.4) is 0 Å². The summed E-state index contributed by atoms with van der Waals surface area (Å²) in [6.45, 7) is 2.40. The van der Waals surface area contributed by atoms with Gasteiger partial charge in [0.1, 0.15) is 0 Å². The van der Waals surface area contributed by atoms with Crippen LogP contribution in [0.1, 0.15) is 20.1 Å². The SMILES string of the molecule is Cc1sc(C(=O)NCCc2ccc(Cl)cc2Cl)cc1N. The lowest BCUT2D eigenvalue weighted by atomic mass is 10.1. The molecule has 1 heterocycles. The van der Waals surface area contributed by atoms with E-state index in [1.807, 2.05) is 13.0 Å². The maximum absolute atomic E-state index is 11.9. The van der Waals surface area contributed by atoms with E-state index in [1.165, 1.54) is 11.3 Å². The van der Waals surface area contributed by atoms with E-state index >= 15 is 0 Å². The molecule has 2 rings (SSSR count). The molecule has 2 aromatic rings. The van der Waals surface area contributed by atoms with Crippen LogP contribution in [-0.4, -0.2) is 12.5 Å². The molecule has 0 aliphatic rings. The van der Waals surface area contributed by atoms with Gasteiger partial charge in [-0.15, -0.1) is 11.3 Å². The van der Waals surface area contributed by atoms with Gasteiger partial charge in [0, 0.05) is 27.2 Å². The van der Waals surface area contributed by atoms with Crippen LogP contribution in [-0.2, 0) is 6.42 Å². The first-order chi connectivity index (χ1) is 9.47. The van der Waals surface area contributed by atoms with E-state index in [1.54, 1.807) is 18.2 Å². The largest absolute Gasteiger partial charge is 0.398 e. The lowest BCUT2D eigenvalue weighted by Gasteiger charge is -2.06. The maximum atomic E-state index is 11.9. The molecule has 0 aliphatic heterocycles. The molecule has 0 radical (unpaired) electrons. The molecule has 0 unspecified atom stereocenters. The zero-order valence-corrected chi connectivity index (χ0v) is 13.2. The lowest BCUT2D eigenvalue weighted by molar-refractivity contribution is 0.0958. The first-order valence-electron chi connectivity index (χ1n) is 6.05. The molecule has 1 amide bonds. The Kier molecular flexibility index (Phi) is 4.91. The van der Waals surface area contributed by atoms with Crippen LogP contribution in [0.4, 0.5) is 5.69 Å². The molecule has 6 heteroatoms. The number of hydrogen-bond donors (Lipinski definition) is 2. The molecule has 0 saturated heterocycles. The maximum Gasteiger partial charge on any atom is 0.261 e. The molecule has 0 aliphatic carbocycles. The van der Waals surface area contributed by atoms with Crippen LogP contribution < -0.4 is 11.1 Å². The number of amides is 1. The van der Waals surface area contributed by atoms with Gasteiger partial charge in [-0.05, 0) is 37.1 Å². The van der Waals surface area contributed by atoms with Gasteiger partial charge in [0.25, 0.3) is 5.91 Å². The first-order valence-corrected chi connectivity index (χ1v) is 7.62. The summed E-state index contributed by atoms with van der Waals surface area (Å²) >= 11 is 13.3. The molecule has 1 aromatic carbocycles. The number of nitrogen functional groups attached to an aromatic ring is 1. The Hall–Kier alpha value is -1.23. The van der Waals surface area contributed by atoms with Crippen LogP contribution in [0.2, 0.25) is 10.0 Å². The van der Waals surface area contributed by atoms with Crippen molar-refractivity contribution in [3.63, 3.8) is 0 Å². The smallest absolute Gasteiger partial charge is 0.261 e. The van der Waals surface area contributed by atoms with Crippen LogP contribution in [0.5, 0.6) is 0 Å². The monoisotopic (exact) mass is 328 g/mol. The first kappa shape index (κ1) is 15.2. The summed E-state index contributed by atoms with van der Waals surface area (Å²) < 4.78 is 0. The van der Waals surface area contributed by atoms with Gasteiger partial charge >= 0.3 is 0 Å². The fourth-order valence-electron chi connectivity index (χ4n) is 1.73. The Morgan fingerprint density at radius 1 is 1.35 bits per heavy atom. The minimum atomic E-state index is -0.111. The number of aryl methyl sites for hydroxylation is 1. The van der Waals surface area contributed by atoms with Gasteiger partial charge in [0.2, 0.25) is 0 Å². The second-order valence-corrected chi connectivity index (χ2v) is 6.46. The highest BCUT2D eigenvalue weighted by atomic mass is 35.5. The fourth-order valence-corrected chi connectivity index (χ4v) is 3.09. The molecule has 106 valence electrons. The van der Waals surface area contributed by atoms with Crippen molar-refractivity contribution in [3.8, 4) is 0 Å². The summed E-state index contributed by atoms with van der Waals surface area (Å²) in [4.78, 5) is 13.5. The Morgan fingerprint density at radius 3 is 2.70 bits per heavy atom. The highest BCUT2D eigenvalue weighted by Gasteiger charge is 2.10. The van der Waals surface area contributed by atoms with Crippen molar-refractivity contribution in [3.05, 3.63) is 49.6 Å². The summed E-state index contributed by atoms with van der Waals surface area (Å²) in [5.74, 6) is -0.111. The number of hydrogen-bond acceptors (Lipinski definition) is 3. The fraction of sp³-hybridized carbons (Fsp3) is 0.214. The van der Waals surface area contributed by atoms with Gasteiger partial charge in [0.05, 0.1) is 4.88 Å². The van der Waals surface area contributed by atoms with E-state index in [-0.39, 0.29) is 5.91 Å². The van der Waals surface area contributed by atoms with Crippen molar-refractivity contribution >= 4 is 46.1 Å². The number of carbonyl (C=O) groups is 1. The number of thiophene rings is 1. The third kappa shape index (κ3) is 3.66. The number of benzene rings is 1. The van der Waals surface area contributed by atoms with Crippen molar-refractivity contribution < 1.29 is 4.79 Å². The Labute approximate surface area is 131 Å². The zero-order valence-electron chi connectivity index (χ0n) is 10.9. The summed E-state index contributed by atoms with van der Waals surface area (Å²) in [5.41, 5.74) is 7.34. The number of carbonyl (C=O) groups excluding carboxylic acids is 1. The van der Waals surface area contributed by atoms with E-state index in [0.29, 0.717) is 33.6 Å². The molecule has 0 fully saturated rings. The second-order valence-electron chi connectivity index (χ2n) is 4.36. The zero-order chi connectivity index (χ0) is 14.7. The summed E-state index contributed by atoms with van der Waals surface area (Å²) in [5, 5.41) is 4.07. The number of anilines is 1. The van der Waals surface area contributed by atoms with Crippen LogP contribution in [0.25, 0.3) is 0 Å². The second kappa shape index (κ2) is 6.48. The van der Waals surface area contributed by atoms with Crippen molar-refractivity contribution in [2.75, 3.05) is 12.3 Å². The highest BCUT2D eigenvalue weighted by Crippen LogP contribution is 2.23. The minimum Gasteiger partial charge on any atom is -0.398 e. The van der Waals surface area contributed by atoms with Crippen LogP contribution in [0, 0.1) is 6.92 Å². The predicted octanol–water partition coefficient (Wildman–Crippen LogP) is 3.92. The van der Waals surface area contributed by atoms with Gasteiger partial charge in [-0.25, -0.2) is 0 Å². The van der Waals surface area contributed by atoms with Gasteiger partial charge in [0.15, 0.2) is 0 Å². The summed E-state index contributed by atoms with van der Waals surface area (Å²) in [6, 6.07) is 7.05. The molecule has 0 atom stereocenters. The Morgan fingerprint density at radius 2 is 2.10 bits per heavy atom. The number of rotatable bonds is 4. The normalized spacial score (nSPS) is 10.6. The molecule has 1 aromatic heterocycles. The van der Waals surface area contributed by atoms with Gasteiger partial charge < -0.3 is 11.1 Å². The molecule has 3 N–H and O–H groups in total. The van der Waals surface area contributed by atoms with Crippen LogP contribution >= 0.6 is 34.5 Å². The standard InChI is InChI=1S/C14H14Cl2N2OS/c1-8-12(17)7-13(20-8)14(19)18-5-4-9-2-3-10(15)6-11(9)16/h2-3,6-7H,4-5,17H2,1H3,(H,18,19). The van der Waals surface area contributed by atoms with E-state index in [0.717, 1.165) is 10.4 Å². The van der Waals surface area contributed by atoms with Crippen LogP contribution in [0.15, 0.2) is 24.3 Å². The number of nitrogens with two attached hydrogens (primary N) is 1. The van der Waals surface area contributed by atoms with E-state index in [4.69, 9.17) is 28.9 Å². The number of halogens is 2. The number of nitrogens with one attached hydrogen (secondary N) is 1. The van der Waals surface area contributed by atoms with Crippen molar-refractivity contribution in [2.24, 2.45) is 0 Å². The van der Waals surface area contributed by atoms with Crippen molar-refractivity contribution in [1.29, 1.82) is 0 Å². The third-order valence-corrected chi connectivity index (χ3v) is 4.53. The highest BCUT2D eigenvalue weighted by molar-refractivity contribution is 7.14. The molecule has 0 bridgehead atoms. The molecule has 0 spiro atoms. The molecule has 20 heavy (non-hydrogen) atoms. The molecular weight excluding hydrogens is 315 g/mol. The van der Waals surface area contributed by atoms with Gasteiger partial charge in [-0.1, -0.05) is 29.3 Å². The quantitative estimate of drug-likeness (QED) is 0.893.